The number of nitrogens with zero attached hydrogens (tertiary/aromatic N) is 1. The lowest BCUT2D eigenvalue weighted by molar-refractivity contribution is 0.0600. The molecule has 0 atom stereocenters. The molecule has 1 aromatic heterocycles. The van der Waals surface area contributed by atoms with E-state index in [1.165, 1.54) is 17.7 Å². The van der Waals surface area contributed by atoms with E-state index in [1.807, 2.05) is 6.92 Å². The van der Waals surface area contributed by atoms with E-state index in [0.29, 0.717) is 16.9 Å². The number of rotatable bonds is 2. The summed E-state index contributed by atoms with van der Waals surface area (Å²) in [5, 5.41) is 9.67. The highest BCUT2D eigenvalue weighted by Gasteiger charge is 2.15. The van der Waals surface area contributed by atoms with E-state index in [0.717, 1.165) is 5.56 Å². The topological polar surface area (TPSA) is 68.5 Å². The van der Waals surface area contributed by atoms with E-state index >= 15 is 0 Å². The molecule has 6 heteroatoms. The van der Waals surface area contributed by atoms with Crippen LogP contribution in [0.4, 0.5) is 0 Å². The average molecular weight is 352 g/mol. The molecule has 1 aromatic carbocycles. The van der Waals surface area contributed by atoms with Crippen molar-refractivity contribution >= 4 is 21.9 Å². The molecule has 0 amide bonds. The molecule has 0 spiro atoms. The summed E-state index contributed by atoms with van der Waals surface area (Å²) < 4.78 is 6.21. The minimum absolute atomic E-state index is 0.0796. The molecule has 0 fully saturated rings. The maximum Gasteiger partial charge on any atom is 0.337 e. The molecule has 0 aliphatic heterocycles. The standard InChI is InChI=1S/C15H14BrNO4/c1-8-4-5-10(15(20)21-3)7-11(8)17-9(2)6-12(18)13(16)14(17)19/h4-7,18H,1-3H3. The summed E-state index contributed by atoms with van der Waals surface area (Å²) in [6, 6.07) is 6.46. The molecule has 0 radical (unpaired) electrons. The quantitative estimate of drug-likeness (QED) is 0.844. The van der Waals surface area contributed by atoms with Crippen LogP contribution < -0.4 is 5.56 Å². The Morgan fingerprint density at radius 1 is 1.29 bits per heavy atom. The van der Waals surface area contributed by atoms with Crippen molar-refractivity contribution in [3.8, 4) is 11.4 Å². The van der Waals surface area contributed by atoms with Gasteiger partial charge in [-0.3, -0.25) is 9.36 Å². The van der Waals surface area contributed by atoms with Gasteiger partial charge in [0.05, 0.1) is 18.4 Å². The Balaban J connectivity index is 2.76. The number of pyridine rings is 1. The third-order valence-corrected chi connectivity index (χ3v) is 3.93. The van der Waals surface area contributed by atoms with Gasteiger partial charge >= 0.3 is 5.97 Å². The number of benzene rings is 1. The molecule has 0 aliphatic rings. The smallest absolute Gasteiger partial charge is 0.337 e. The monoisotopic (exact) mass is 351 g/mol. The number of aryl methyl sites for hydroxylation is 2. The number of halogens is 1. The minimum Gasteiger partial charge on any atom is -0.506 e. The van der Waals surface area contributed by atoms with Gasteiger partial charge in [0, 0.05) is 11.8 Å². The molecule has 0 unspecified atom stereocenters. The maximum absolute atomic E-state index is 12.4. The van der Waals surface area contributed by atoms with Crippen LogP contribution in [0, 0.1) is 13.8 Å². The van der Waals surface area contributed by atoms with Crippen LogP contribution in [0.1, 0.15) is 21.6 Å². The van der Waals surface area contributed by atoms with Crippen LogP contribution in [0.3, 0.4) is 0 Å². The molecule has 1 N–H and O–H groups in total. The summed E-state index contributed by atoms with van der Waals surface area (Å²) in [5.41, 5.74) is 1.92. The van der Waals surface area contributed by atoms with Crippen molar-refractivity contribution in [2.75, 3.05) is 7.11 Å². The Morgan fingerprint density at radius 2 is 1.95 bits per heavy atom. The number of ether oxygens (including phenoxy) is 1. The van der Waals surface area contributed by atoms with E-state index in [-0.39, 0.29) is 10.2 Å². The Hall–Kier alpha value is -2.08. The zero-order valence-electron chi connectivity index (χ0n) is 11.8. The largest absolute Gasteiger partial charge is 0.506 e. The van der Waals surface area contributed by atoms with Crippen molar-refractivity contribution in [1.29, 1.82) is 0 Å². The third kappa shape index (κ3) is 2.71. The summed E-state index contributed by atoms with van der Waals surface area (Å²) in [5.74, 6) is -0.588. The molecule has 0 saturated heterocycles. The molecule has 2 rings (SSSR count). The molecular weight excluding hydrogens is 338 g/mol. The highest BCUT2D eigenvalue weighted by Crippen LogP contribution is 2.24. The molecule has 0 aliphatic carbocycles. The van der Waals surface area contributed by atoms with Gasteiger partial charge in [-0.1, -0.05) is 6.07 Å². The van der Waals surface area contributed by atoms with E-state index < -0.39 is 11.5 Å². The lowest BCUT2D eigenvalue weighted by Crippen LogP contribution is -2.22. The SMILES string of the molecule is COC(=O)c1ccc(C)c(-n2c(C)cc(O)c(Br)c2=O)c1. The fourth-order valence-electron chi connectivity index (χ4n) is 2.09. The van der Waals surface area contributed by atoms with Crippen LogP contribution in [0.5, 0.6) is 5.75 Å². The van der Waals surface area contributed by atoms with Crippen LogP contribution in [0.15, 0.2) is 33.5 Å². The number of esters is 1. The lowest BCUT2D eigenvalue weighted by atomic mass is 10.1. The summed E-state index contributed by atoms with van der Waals surface area (Å²) in [4.78, 5) is 24.0. The summed E-state index contributed by atoms with van der Waals surface area (Å²) >= 11 is 3.07. The van der Waals surface area contributed by atoms with Crippen molar-refractivity contribution in [3.63, 3.8) is 0 Å². The van der Waals surface area contributed by atoms with Crippen molar-refractivity contribution in [1.82, 2.24) is 4.57 Å². The number of aromatic hydroxyl groups is 1. The van der Waals surface area contributed by atoms with Crippen molar-refractivity contribution in [3.05, 3.63) is 55.9 Å². The first-order chi connectivity index (χ1) is 9.86. The number of hydrogen-bond acceptors (Lipinski definition) is 4. The Labute approximate surface area is 129 Å². The van der Waals surface area contributed by atoms with Gasteiger partial charge < -0.3 is 9.84 Å². The van der Waals surface area contributed by atoms with Crippen LogP contribution in [0.2, 0.25) is 0 Å². The van der Waals surface area contributed by atoms with Gasteiger partial charge in [-0.15, -0.1) is 0 Å². The highest BCUT2D eigenvalue weighted by atomic mass is 79.9. The molecule has 0 saturated carbocycles. The van der Waals surface area contributed by atoms with E-state index in [2.05, 4.69) is 15.9 Å². The maximum atomic E-state index is 12.4. The van der Waals surface area contributed by atoms with Crippen LogP contribution in [-0.4, -0.2) is 22.8 Å². The molecular formula is C15H14BrNO4. The Kier molecular flexibility index (Phi) is 4.18. The number of carbonyl (C=O) groups excluding carboxylic acids is 1. The molecule has 2 aromatic rings. The third-order valence-electron chi connectivity index (χ3n) is 3.19. The predicted octanol–water partition coefficient (Wildman–Crippen LogP) is 2.71. The fourth-order valence-corrected chi connectivity index (χ4v) is 2.38. The second-order valence-corrected chi connectivity index (χ2v) is 5.41. The van der Waals surface area contributed by atoms with Crippen molar-refractivity contribution in [2.45, 2.75) is 13.8 Å². The molecule has 110 valence electrons. The second kappa shape index (κ2) is 5.73. The molecule has 0 bridgehead atoms. The van der Waals surface area contributed by atoms with Gasteiger partial charge in [0.1, 0.15) is 10.2 Å². The highest BCUT2D eigenvalue weighted by molar-refractivity contribution is 9.10. The summed E-state index contributed by atoms with van der Waals surface area (Å²) in [7, 11) is 1.30. The first kappa shape index (κ1) is 15.3. The van der Waals surface area contributed by atoms with E-state index in [4.69, 9.17) is 4.74 Å². The fraction of sp³-hybridized carbons (Fsp3) is 0.200. The minimum atomic E-state index is -0.472. The summed E-state index contributed by atoms with van der Waals surface area (Å²) in [6.07, 6.45) is 0. The summed E-state index contributed by atoms with van der Waals surface area (Å²) in [6.45, 7) is 3.54. The van der Waals surface area contributed by atoms with Crippen LogP contribution in [-0.2, 0) is 4.74 Å². The Bertz CT molecular complexity index is 780. The van der Waals surface area contributed by atoms with Gasteiger partial charge in [-0.2, -0.15) is 0 Å². The molecule has 5 nitrogen and oxygen atoms in total. The van der Waals surface area contributed by atoms with Crippen LogP contribution >= 0.6 is 15.9 Å². The molecule has 1 heterocycles. The van der Waals surface area contributed by atoms with Gasteiger partial charge in [0.2, 0.25) is 0 Å². The van der Waals surface area contributed by atoms with E-state index in [9.17, 15) is 14.7 Å². The number of carbonyl (C=O) groups is 1. The average Bonchev–Trinajstić information content (AvgIpc) is 2.46. The Morgan fingerprint density at radius 3 is 2.57 bits per heavy atom. The number of methoxy groups -OCH3 is 1. The zero-order chi connectivity index (χ0) is 15.7. The normalized spacial score (nSPS) is 10.5. The van der Waals surface area contributed by atoms with Gasteiger partial charge in [0.15, 0.2) is 0 Å². The molecule has 21 heavy (non-hydrogen) atoms. The van der Waals surface area contributed by atoms with Crippen molar-refractivity contribution < 1.29 is 14.6 Å². The van der Waals surface area contributed by atoms with E-state index in [1.54, 1.807) is 25.1 Å². The first-order valence-corrected chi connectivity index (χ1v) is 6.96. The number of hydrogen-bond donors (Lipinski definition) is 1. The van der Waals surface area contributed by atoms with Crippen LogP contribution in [0.25, 0.3) is 5.69 Å². The number of aromatic nitrogens is 1. The lowest BCUT2D eigenvalue weighted by Gasteiger charge is -2.15. The predicted molar refractivity (Wildman–Crippen MR) is 82.2 cm³/mol. The van der Waals surface area contributed by atoms with Gasteiger partial charge in [-0.05, 0) is 47.5 Å². The zero-order valence-corrected chi connectivity index (χ0v) is 13.4. The van der Waals surface area contributed by atoms with Gasteiger partial charge in [0.25, 0.3) is 5.56 Å². The van der Waals surface area contributed by atoms with Gasteiger partial charge in [-0.25, -0.2) is 4.79 Å². The first-order valence-electron chi connectivity index (χ1n) is 6.17. The van der Waals surface area contributed by atoms with Crippen molar-refractivity contribution in [2.24, 2.45) is 0 Å². The second-order valence-electron chi connectivity index (χ2n) is 4.62.